The van der Waals surface area contributed by atoms with E-state index in [2.05, 4.69) is 5.32 Å². The molecule has 2 atom stereocenters. The molecule has 2 aliphatic carbocycles. The normalized spacial score (nSPS) is 26.1. The number of aliphatic hydroxyl groups is 1. The molecule has 3 rings (SSSR count). The Morgan fingerprint density at radius 3 is 2.90 bits per heavy atom. The lowest BCUT2D eigenvalue weighted by molar-refractivity contribution is -0.122. The van der Waals surface area contributed by atoms with E-state index in [9.17, 15) is 9.18 Å². The molecule has 2 fully saturated rings. The molecule has 0 spiro atoms. The van der Waals surface area contributed by atoms with Crippen molar-refractivity contribution in [2.45, 2.75) is 31.6 Å². The highest BCUT2D eigenvalue weighted by Crippen LogP contribution is 2.50. The maximum absolute atomic E-state index is 13.2. The van der Waals surface area contributed by atoms with Crippen molar-refractivity contribution in [3.8, 4) is 0 Å². The van der Waals surface area contributed by atoms with Crippen LogP contribution < -0.4 is 5.32 Å². The second-order valence-electron chi connectivity index (χ2n) is 6.20. The van der Waals surface area contributed by atoms with E-state index in [1.54, 1.807) is 6.07 Å². The zero-order valence-electron chi connectivity index (χ0n) is 11.4. The van der Waals surface area contributed by atoms with Gasteiger partial charge in [0.05, 0.1) is 0 Å². The molecule has 1 aromatic carbocycles. The van der Waals surface area contributed by atoms with Gasteiger partial charge in [-0.05, 0) is 54.7 Å². The molecule has 2 aliphatic rings. The maximum atomic E-state index is 13.2. The predicted molar refractivity (Wildman–Crippen MR) is 73.6 cm³/mol. The SMILES string of the molecule is O=C(NCC1(CCO)CC1)[C@H]1C[C@H]1c1cccc(F)c1. The van der Waals surface area contributed by atoms with Gasteiger partial charge in [-0.3, -0.25) is 4.79 Å². The molecule has 3 nitrogen and oxygen atoms in total. The lowest BCUT2D eigenvalue weighted by Gasteiger charge is -2.14. The van der Waals surface area contributed by atoms with E-state index in [1.165, 1.54) is 12.1 Å². The third-order valence-corrected chi connectivity index (χ3v) is 4.64. The number of rotatable bonds is 6. The van der Waals surface area contributed by atoms with E-state index in [1.807, 2.05) is 6.07 Å². The monoisotopic (exact) mass is 277 g/mol. The molecule has 0 unspecified atom stereocenters. The first-order chi connectivity index (χ1) is 9.63. The first-order valence-electron chi connectivity index (χ1n) is 7.28. The van der Waals surface area contributed by atoms with Crippen LogP contribution in [0.2, 0.25) is 0 Å². The summed E-state index contributed by atoms with van der Waals surface area (Å²) in [5.74, 6) is -0.0164. The van der Waals surface area contributed by atoms with Crippen LogP contribution in [0, 0.1) is 17.2 Å². The Morgan fingerprint density at radius 2 is 2.25 bits per heavy atom. The van der Waals surface area contributed by atoms with Gasteiger partial charge in [0, 0.05) is 19.1 Å². The number of benzene rings is 1. The average Bonchev–Trinajstić information content (AvgIpc) is 3.32. The molecule has 108 valence electrons. The van der Waals surface area contributed by atoms with Gasteiger partial charge in [0.15, 0.2) is 0 Å². The molecule has 1 aromatic rings. The summed E-state index contributed by atoms with van der Waals surface area (Å²) in [5, 5.41) is 12.0. The molecule has 0 aromatic heterocycles. The summed E-state index contributed by atoms with van der Waals surface area (Å²) in [5.41, 5.74) is 1.06. The van der Waals surface area contributed by atoms with Crippen molar-refractivity contribution in [1.82, 2.24) is 5.32 Å². The number of hydrogen-bond donors (Lipinski definition) is 2. The van der Waals surface area contributed by atoms with Gasteiger partial charge in [0.2, 0.25) is 5.91 Å². The van der Waals surface area contributed by atoms with Gasteiger partial charge in [-0.1, -0.05) is 12.1 Å². The molecular formula is C16H20FNO2. The number of hydrogen-bond acceptors (Lipinski definition) is 2. The molecular weight excluding hydrogens is 257 g/mol. The first kappa shape index (κ1) is 13.6. The standard InChI is InChI=1S/C16H20FNO2/c17-12-3-1-2-11(8-12)13-9-14(13)15(20)18-10-16(4-5-16)6-7-19/h1-3,8,13-14,19H,4-7,9-10H2,(H,18,20)/t13-,14-/m0/s1. The molecule has 2 N–H and O–H groups in total. The summed E-state index contributed by atoms with van der Waals surface area (Å²) in [6.07, 6.45) is 3.76. The fourth-order valence-corrected chi connectivity index (χ4v) is 2.93. The smallest absolute Gasteiger partial charge is 0.223 e. The Labute approximate surface area is 118 Å². The minimum absolute atomic E-state index is 0.0123. The predicted octanol–water partition coefficient (Wildman–Crippen LogP) is 2.21. The van der Waals surface area contributed by atoms with E-state index >= 15 is 0 Å². The molecule has 0 heterocycles. The molecule has 0 aliphatic heterocycles. The quantitative estimate of drug-likeness (QED) is 0.837. The first-order valence-corrected chi connectivity index (χ1v) is 7.28. The van der Waals surface area contributed by atoms with Crippen LogP contribution >= 0.6 is 0 Å². The number of amides is 1. The van der Waals surface area contributed by atoms with E-state index in [0.717, 1.165) is 31.2 Å². The Kier molecular flexibility index (Phi) is 3.50. The van der Waals surface area contributed by atoms with Crippen LogP contribution in [0.25, 0.3) is 0 Å². The Morgan fingerprint density at radius 1 is 1.45 bits per heavy atom. The summed E-state index contributed by atoms with van der Waals surface area (Å²) < 4.78 is 13.2. The number of aliphatic hydroxyl groups excluding tert-OH is 1. The van der Waals surface area contributed by atoms with Crippen LogP contribution in [-0.2, 0) is 4.79 Å². The van der Waals surface area contributed by atoms with Crippen molar-refractivity contribution < 1.29 is 14.3 Å². The van der Waals surface area contributed by atoms with Gasteiger partial charge in [0.25, 0.3) is 0 Å². The molecule has 20 heavy (non-hydrogen) atoms. The van der Waals surface area contributed by atoms with Crippen LogP contribution in [0.15, 0.2) is 24.3 Å². The number of halogens is 1. The van der Waals surface area contributed by atoms with Crippen molar-refractivity contribution in [1.29, 1.82) is 0 Å². The van der Waals surface area contributed by atoms with Gasteiger partial charge in [-0.25, -0.2) is 4.39 Å². The van der Waals surface area contributed by atoms with Crippen LogP contribution in [-0.4, -0.2) is 24.2 Å². The summed E-state index contributed by atoms with van der Waals surface area (Å²) in [4.78, 5) is 12.1. The largest absolute Gasteiger partial charge is 0.396 e. The van der Waals surface area contributed by atoms with Gasteiger partial charge in [-0.2, -0.15) is 0 Å². The van der Waals surface area contributed by atoms with Crippen molar-refractivity contribution in [3.05, 3.63) is 35.6 Å². The van der Waals surface area contributed by atoms with Gasteiger partial charge < -0.3 is 10.4 Å². The van der Waals surface area contributed by atoms with Gasteiger partial charge in [-0.15, -0.1) is 0 Å². The average molecular weight is 277 g/mol. The lowest BCUT2D eigenvalue weighted by atomic mass is 10.0. The van der Waals surface area contributed by atoms with Crippen molar-refractivity contribution >= 4 is 5.91 Å². The highest BCUT2D eigenvalue weighted by atomic mass is 19.1. The van der Waals surface area contributed by atoms with Crippen molar-refractivity contribution in [3.63, 3.8) is 0 Å². The maximum Gasteiger partial charge on any atom is 0.223 e. The number of nitrogens with one attached hydrogen (secondary N) is 1. The van der Waals surface area contributed by atoms with Crippen LogP contribution in [0.5, 0.6) is 0 Å². The summed E-state index contributed by atoms with van der Waals surface area (Å²) in [7, 11) is 0. The third kappa shape index (κ3) is 2.85. The van der Waals surface area contributed by atoms with Crippen LogP contribution in [0.1, 0.15) is 37.2 Å². The summed E-state index contributed by atoms with van der Waals surface area (Å²) >= 11 is 0. The zero-order chi connectivity index (χ0) is 14.2. The number of carbonyl (C=O) groups excluding carboxylic acids is 1. The minimum Gasteiger partial charge on any atom is -0.396 e. The molecule has 0 bridgehead atoms. The highest BCUT2D eigenvalue weighted by Gasteiger charge is 2.46. The topological polar surface area (TPSA) is 49.3 Å². The highest BCUT2D eigenvalue weighted by molar-refractivity contribution is 5.82. The lowest BCUT2D eigenvalue weighted by Crippen LogP contribution is -2.32. The summed E-state index contributed by atoms with van der Waals surface area (Å²) in [6.45, 7) is 0.851. The van der Waals surface area contributed by atoms with E-state index in [4.69, 9.17) is 5.11 Å². The van der Waals surface area contributed by atoms with Gasteiger partial charge >= 0.3 is 0 Å². The molecule has 0 radical (unpaired) electrons. The van der Waals surface area contributed by atoms with E-state index < -0.39 is 0 Å². The van der Waals surface area contributed by atoms with Crippen LogP contribution in [0.3, 0.4) is 0 Å². The zero-order valence-corrected chi connectivity index (χ0v) is 11.4. The Bertz CT molecular complexity index is 513. The van der Waals surface area contributed by atoms with E-state index in [0.29, 0.717) is 6.54 Å². The molecule has 1 amide bonds. The summed E-state index contributed by atoms with van der Waals surface area (Å²) in [6, 6.07) is 6.52. The second-order valence-corrected chi connectivity index (χ2v) is 6.20. The number of carbonyl (C=O) groups is 1. The molecule has 2 saturated carbocycles. The Balaban J connectivity index is 1.50. The fraction of sp³-hybridized carbons (Fsp3) is 0.562. The van der Waals surface area contributed by atoms with Crippen molar-refractivity contribution in [2.75, 3.05) is 13.2 Å². The molecule has 0 saturated heterocycles. The Hall–Kier alpha value is -1.42. The van der Waals surface area contributed by atoms with Crippen LogP contribution in [0.4, 0.5) is 4.39 Å². The fourth-order valence-electron chi connectivity index (χ4n) is 2.93. The van der Waals surface area contributed by atoms with Crippen molar-refractivity contribution in [2.24, 2.45) is 11.3 Å². The minimum atomic E-state index is -0.242. The van der Waals surface area contributed by atoms with E-state index in [-0.39, 0.29) is 35.6 Å². The van der Waals surface area contributed by atoms with Gasteiger partial charge in [0.1, 0.15) is 5.82 Å². The third-order valence-electron chi connectivity index (χ3n) is 4.64. The second kappa shape index (κ2) is 5.17. The molecule has 4 heteroatoms.